The molecule has 2 aromatic rings. The van der Waals surface area contributed by atoms with Gasteiger partial charge in [0.1, 0.15) is 12.4 Å². The Kier molecular flexibility index (Phi) is 8.61. The second-order valence-corrected chi connectivity index (χ2v) is 7.71. The fourth-order valence-corrected chi connectivity index (χ4v) is 3.65. The highest BCUT2D eigenvalue weighted by atomic mass is 16.5. The number of carbonyl (C=O) groups excluding carboxylic acids is 4. The lowest BCUT2D eigenvalue weighted by Crippen LogP contribution is -2.12. The Labute approximate surface area is 197 Å². The number of nitrogens with one attached hydrogen (secondary N) is 1. The van der Waals surface area contributed by atoms with Gasteiger partial charge < -0.3 is 23.9 Å². The van der Waals surface area contributed by atoms with Crippen LogP contribution in [-0.2, 0) is 64.0 Å². The number of aromatic nitrogens is 1. The van der Waals surface area contributed by atoms with Crippen molar-refractivity contribution in [2.75, 3.05) is 14.2 Å². The molecule has 1 aromatic carbocycles. The molecule has 1 aliphatic rings. The number of hydrogen-bond donors (Lipinski definition) is 1. The quantitative estimate of drug-likeness (QED) is 0.417. The Balaban J connectivity index is 1.90. The topological polar surface area (TPSA) is 121 Å². The second kappa shape index (κ2) is 11.8. The molecule has 2 heterocycles. The number of allylic oxidation sites excluding steroid dienone is 1. The molecule has 1 fully saturated rings. The number of hydrogen-bond acceptors (Lipinski definition) is 8. The zero-order valence-corrected chi connectivity index (χ0v) is 19.2. The van der Waals surface area contributed by atoms with Crippen molar-refractivity contribution in [3.8, 4) is 0 Å². The van der Waals surface area contributed by atoms with Gasteiger partial charge in [0, 0.05) is 30.3 Å². The summed E-state index contributed by atoms with van der Waals surface area (Å²) in [5.41, 5.74) is 3.08. The zero-order chi connectivity index (χ0) is 24.5. The molecule has 180 valence electrons. The maximum Gasteiger partial charge on any atom is 0.312 e. The van der Waals surface area contributed by atoms with E-state index in [1.54, 1.807) is 6.08 Å². The molecule has 0 radical (unpaired) electrons. The molecule has 1 saturated heterocycles. The fraction of sp³-hybridized carbons (Fsp3) is 0.360. The third-order valence-electron chi connectivity index (χ3n) is 5.38. The normalized spacial score (nSPS) is 14.1. The summed E-state index contributed by atoms with van der Waals surface area (Å²) in [6.07, 6.45) is 2.45. The number of esters is 4. The van der Waals surface area contributed by atoms with E-state index in [2.05, 4.69) is 4.98 Å². The van der Waals surface area contributed by atoms with Crippen LogP contribution in [-0.4, -0.2) is 43.1 Å². The Hall–Kier alpha value is -3.88. The van der Waals surface area contributed by atoms with E-state index in [1.807, 2.05) is 30.3 Å². The molecule has 0 amide bonds. The van der Waals surface area contributed by atoms with Crippen molar-refractivity contribution < 1.29 is 38.1 Å². The molecule has 34 heavy (non-hydrogen) atoms. The van der Waals surface area contributed by atoms with Gasteiger partial charge in [-0.1, -0.05) is 30.3 Å². The van der Waals surface area contributed by atoms with Crippen LogP contribution < -0.4 is 0 Å². The average Bonchev–Trinajstić information content (AvgIpc) is 3.39. The lowest BCUT2D eigenvalue weighted by molar-refractivity contribution is -0.144. The highest BCUT2D eigenvalue weighted by Crippen LogP contribution is 2.28. The molecule has 0 bridgehead atoms. The zero-order valence-electron chi connectivity index (χ0n) is 19.2. The van der Waals surface area contributed by atoms with E-state index in [4.69, 9.17) is 18.9 Å². The highest BCUT2D eigenvalue weighted by molar-refractivity contribution is 5.79. The molecule has 3 rings (SSSR count). The number of cyclic esters (lactones) is 1. The standard InChI is InChI=1S/C25H27NO8/c1-31-22(27)11-9-18-19(13-24(29)32-2)20(12-17-8-10-23(28)34-17)26-21(18)14-25(30)33-15-16-6-4-3-5-7-16/h3-7,12,26H,8-11,13-15H2,1-2H3/b17-12+. The smallest absolute Gasteiger partial charge is 0.312 e. The Morgan fingerprint density at radius 2 is 1.71 bits per heavy atom. The molecular formula is C25H27NO8. The summed E-state index contributed by atoms with van der Waals surface area (Å²) in [6.45, 7) is 0.125. The van der Waals surface area contributed by atoms with E-state index in [0.717, 1.165) is 5.56 Å². The van der Waals surface area contributed by atoms with Crippen LogP contribution in [0.15, 0.2) is 36.1 Å². The number of benzene rings is 1. The molecular weight excluding hydrogens is 442 g/mol. The van der Waals surface area contributed by atoms with Gasteiger partial charge in [0.15, 0.2) is 0 Å². The monoisotopic (exact) mass is 469 g/mol. The molecule has 0 saturated carbocycles. The SMILES string of the molecule is COC(=O)CCc1c(CC(=O)OCc2ccccc2)[nH]c(/C=C2\CCC(=O)O2)c1CC(=O)OC. The van der Waals surface area contributed by atoms with Crippen molar-refractivity contribution in [2.24, 2.45) is 0 Å². The molecule has 1 N–H and O–H groups in total. The number of carbonyl (C=O) groups is 4. The average molecular weight is 469 g/mol. The predicted molar refractivity (Wildman–Crippen MR) is 120 cm³/mol. The van der Waals surface area contributed by atoms with Crippen molar-refractivity contribution in [1.82, 2.24) is 4.98 Å². The minimum absolute atomic E-state index is 0.0551. The second-order valence-electron chi connectivity index (χ2n) is 7.71. The summed E-state index contributed by atoms with van der Waals surface area (Å²) in [5, 5.41) is 0. The van der Waals surface area contributed by atoms with Crippen molar-refractivity contribution >= 4 is 30.0 Å². The van der Waals surface area contributed by atoms with Crippen LogP contribution in [0.5, 0.6) is 0 Å². The van der Waals surface area contributed by atoms with Gasteiger partial charge in [-0.25, -0.2) is 0 Å². The third kappa shape index (κ3) is 6.81. The van der Waals surface area contributed by atoms with Gasteiger partial charge in [-0.15, -0.1) is 0 Å². The van der Waals surface area contributed by atoms with Gasteiger partial charge in [-0.05, 0) is 23.1 Å². The Morgan fingerprint density at radius 3 is 2.35 bits per heavy atom. The van der Waals surface area contributed by atoms with E-state index >= 15 is 0 Å². The number of H-pyrrole nitrogens is 1. The van der Waals surface area contributed by atoms with Gasteiger partial charge >= 0.3 is 23.9 Å². The fourth-order valence-electron chi connectivity index (χ4n) is 3.65. The van der Waals surface area contributed by atoms with Crippen LogP contribution in [0.3, 0.4) is 0 Å². The predicted octanol–water partition coefficient (Wildman–Crippen LogP) is 2.80. The minimum atomic E-state index is -0.486. The first kappa shape index (κ1) is 24.8. The molecule has 0 aliphatic carbocycles. The number of rotatable bonds is 10. The first-order valence-corrected chi connectivity index (χ1v) is 10.9. The lowest BCUT2D eigenvalue weighted by Gasteiger charge is -2.08. The van der Waals surface area contributed by atoms with Crippen molar-refractivity contribution in [1.29, 1.82) is 0 Å². The van der Waals surface area contributed by atoms with Gasteiger partial charge in [0.2, 0.25) is 0 Å². The maximum absolute atomic E-state index is 12.6. The van der Waals surface area contributed by atoms with E-state index in [0.29, 0.717) is 34.7 Å². The molecule has 0 unspecified atom stereocenters. The Morgan fingerprint density at radius 1 is 0.971 bits per heavy atom. The number of ether oxygens (including phenoxy) is 4. The summed E-state index contributed by atoms with van der Waals surface area (Å²) in [4.78, 5) is 51.2. The molecule has 1 aliphatic heterocycles. The van der Waals surface area contributed by atoms with Crippen LogP contribution >= 0.6 is 0 Å². The van der Waals surface area contributed by atoms with Crippen molar-refractivity contribution in [3.63, 3.8) is 0 Å². The first-order valence-electron chi connectivity index (χ1n) is 10.9. The van der Waals surface area contributed by atoms with Crippen LogP contribution in [0.25, 0.3) is 6.08 Å². The molecule has 0 atom stereocenters. The number of aromatic amines is 1. The van der Waals surface area contributed by atoms with Gasteiger partial charge in [0.05, 0.1) is 33.5 Å². The minimum Gasteiger partial charge on any atom is -0.469 e. The van der Waals surface area contributed by atoms with Crippen LogP contribution in [0, 0.1) is 0 Å². The summed E-state index contributed by atoms with van der Waals surface area (Å²) < 4.78 is 20.2. The van der Waals surface area contributed by atoms with Gasteiger partial charge in [-0.3, -0.25) is 19.2 Å². The Bertz CT molecular complexity index is 1080. The molecule has 0 spiro atoms. The summed E-state index contributed by atoms with van der Waals surface area (Å²) in [5.74, 6) is -1.26. The van der Waals surface area contributed by atoms with Gasteiger partial charge in [0.25, 0.3) is 0 Å². The van der Waals surface area contributed by atoms with E-state index in [1.165, 1.54) is 14.2 Å². The number of methoxy groups -OCH3 is 2. The van der Waals surface area contributed by atoms with E-state index in [-0.39, 0.29) is 44.7 Å². The summed E-state index contributed by atoms with van der Waals surface area (Å²) >= 11 is 0. The lowest BCUT2D eigenvalue weighted by atomic mass is 9.99. The summed E-state index contributed by atoms with van der Waals surface area (Å²) in [6, 6.07) is 9.29. The maximum atomic E-state index is 12.6. The molecule has 9 heteroatoms. The van der Waals surface area contributed by atoms with Crippen LogP contribution in [0.4, 0.5) is 0 Å². The van der Waals surface area contributed by atoms with Crippen molar-refractivity contribution in [3.05, 3.63) is 64.2 Å². The van der Waals surface area contributed by atoms with Crippen LogP contribution in [0.2, 0.25) is 0 Å². The highest BCUT2D eigenvalue weighted by Gasteiger charge is 2.24. The largest absolute Gasteiger partial charge is 0.469 e. The molecule has 9 nitrogen and oxygen atoms in total. The third-order valence-corrected chi connectivity index (χ3v) is 5.38. The van der Waals surface area contributed by atoms with Gasteiger partial charge in [-0.2, -0.15) is 0 Å². The van der Waals surface area contributed by atoms with Crippen LogP contribution in [0.1, 0.15) is 47.3 Å². The molecule has 1 aromatic heterocycles. The first-order chi connectivity index (χ1) is 16.4. The van der Waals surface area contributed by atoms with E-state index in [9.17, 15) is 19.2 Å². The van der Waals surface area contributed by atoms with Crippen molar-refractivity contribution in [2.45, 2.75) is 45.1 Å². The summed E-state index contributed by atoms with van der Waals surface area (Å²) in [7, 11) is 2.57. The van der Waals surface area contributed by atoms with E-state index < -0.39 is 17.9 Å².